The quantitative estimate of drug-likeness (QED) is 0.0393. The number of methoxy groups -OCH3 is 4. The predicted octanol–water partition coefficient (Wildman–Crippen LogP) is 10.9. The van der Waals surface area contributed by atoms with Gasteiger partial charge in [0.15, 0.2) is 29.0 Å². The van der Waals surface area contributed by atoms with Crippen molar-refractivity contribution in [1.29, 1.82) is 0 Å². The van der Waals surface area contributed by atoms with E-state index in [1.54, 1.807) is 91.0 Å². The number of amides is 1. The van der Waals surface area contributed by atoms with Crippen LogP contribution in [0.5, 0.6) is 46.0 Å². The lowest BCUT2D eigenvalue weighted by molar-refractivity contribution is -0.276. The van der Waals surface area contributed by atoms with Gasteiger partial charge < -0.3 is 74.1 Å². The van der Waals surface area contributed by atoms with Gasteiger partial charge in [0, 0.05) is 88.7 Å². The lowest BCUT2D eigenvalue weighted by Crippen LogP contribution is -2.37. The first-order valence-electron chi connectivity index (χ1n) is 23.8. The fourth-order valence-electron chi connectivity index (χ4n) is 8.07. The van der Waals surface area contributed by atoms with E-state index >= 15 is 0 Å². The SMILES string of the molecule is COc1cc(NC(C(=O)N2CCc3cc(OC)c(OC(F)(F)F)cc32)c2ccc(Cl)cc2)cc(OCCO)c1.COc1cc(NC(C(=O)O)c2ccc(Cl)cc2)cc(OCCO)c1.COc1cc2c(cc1OC(F)(F)F)NCC2. The van der Waals surface area contributed by atoms with Gasteiger partial charge in [-0.25, -0.2) is 4.79 Å². The second-order valence-corrected chi connectivity index (χ2v) is 17.7. The number of benzene rings is 6. The van der Waals surface area contributed by atoms with E-state index in [1.807, 2.05) is 0 Å². The molecule has 6 N–H and O–H groups in total. The van der Waals surface area contributed by atoms with Crippen LogP contribution in [0.2, 0.25) is 10.0 Å². The molecule has 1 amide bonds. The van der Waals surface area contributed by atoms with Gasteiger partial charge in [-0.2, -0.15) is 0 Å². The van der Waals surface area contributed by atoms with E-state index in [0.717, 1.165) is 18.1 Å². The van der Waals surface area contributed by atoms with Crippen LogP contribution in [0.1, 0.15) is 34.3 Å². The maximum Gasteiger partial charge on any atom is 0.573 e. The average molecular weight is 1150 g/mol. The monoisotopic (exact) mass is 1150 g/mol. The Kier molecular flexibility index (Phi) is 21.1. The Bertz CT molecular complexity index is 3010. The third-order valence-corrected chi connectivity index (χ3v) is 12.1. The highest BCUT2D eigenvalue weighted by atomic mass is 35.5. The molecule has 0 aliphatic carbocycles. The smallest absolute Gasteiger partial charge is 0.497 e. The lowest BCUT2D eigenvalue weighted by atomic mass is 10.0. The molecule has 2 atom stereocenters. The zero-order valence-corrected chi connectivity index (χ0v) is 44.1. The molecule has 0 bridgehead atoms. The third-order valence-electron chi connectivity index (χ3n) is 11.6. The number of aliphatic hydroxyl groups is 2. The summed E-state index contributed by atoms with van der Waals surface area (Å²) >= 11 is 11.9. The molecule has 2 heterocycles. The summed E-state index contributed by atoms with van der Waals surface area (Å²) in [6.07, 6.45) is -8.46. The number of alkyl halides is 6. The van der Waals surface area contributed by atoms with Crippen LogP contribution < -0.4 is 58.7 Å². The van der Waals surface area contributed by atoms with Crippen LogP contribution in [0.3, 0.4) is 0 Å². The molecular formula is C54H54Cl2F6N4O13. The number of fused-ring (bicyclic) bond motifs is 2. The van der Waals surface area contributed by atoms with Gasteiger partial charge in [-0.3, -0.25) is 4.79 Å². The average Bonchev–Trinajstić information content (AvgIpc) is 4.21. The summed E-state index contributed by atoms with van der Waals surface area (Å²) in [4.78, 5) is 27.0. The number of carboxylic acids is 1. The molecule has 0 radical (unpaired) electrons. The van der Waals surface area contributed by atoms with Gasteiger partial charge in [0.05, 0.1) is 47.3 Å². The van der Waals surface area contributed by atoms with E-state index in [9.17, 15) is 41.0 Å². The number of nitrogens with zero attached hydrogens (tertiary/aromatic N) is 1. The summed E-state index contributed by atoms with van der Waals surface area (Å²) in [5, 5.41) is 37.6. The van der Waals surface area contributed by atoms with Crippen molar-refractivity contribution >= 4 is 57.8 Å². The minimum absolute atomic E-state index is 0.0580. The van der Waals surface area contributed by atoms with Crippen molar-refractivity contribution in [3.8, 4) is 46.0 Å². The molecule has 0 fully saturated rings. The van der Waals surface area contributed by atoms with E-state index < -0.39 is 42.4 Å². The Morgan fingerprint density at radius 3 is 1.51 bits per heavy atom. The maximum absolute atomic E-state index is 14.0. The molecule has 2 unspecified atom stereocenters. The Morgan fingerprint density at radius 2 is 1.05 bits per heavy atom. The number of nitrogens with one attached hydrogen (secondary N) is 3. The number of anilines is 4. The molecule has 2 aliphatic rings. The van der Waals surface area contributed by atoms with Gasteiger partial charge in [-0.1, -0.05) is 47.5 Å². The normalized spacial score (nSPS) is 13.1. The van der Waals surface area contributed by atoms with Crippen molar-refractivity contribution in [2.24, 2.45) is 0 Å². The molecule has 0 saturated carbocycles. The third kappa shape index (κ3) is 17.3. The van der Waals surface area contributed by atoms with E-state index in [4.69, 9.17) is 61.8 Å². The van der Waals surface area contributed by atoms with Gasteiger partial charge in [0.25, 0.3) is 5.91 Å². The summed E-state index contributed by atoms with van der Waals surface area (Å²) in [6, 6.07) is 26.7. The van der Waals surface area contributed by atoms with Crippen molar-refractivity contribution in [2.45, 2.75) is 37.7 Å². The molecule has 0 spiro atoms. The van der Waals surface area contributed by atoms with Gasteiger partial charge in [-0.15, -0.1) is 26.3 Å². The van der Waals surface area contributed by atoms with Crippen LogP contribution in [0.15, 0.2) is 109 Å². The predicted molar refractivity (Wildman–Crippen MR) is 282 cm³/mol. The highest BCUT2D eigenvalue weighted by molar-refractivity contribution is 6.30. The van der Waals surface area contributed by atoms with Crippen LogP contribution in [0.4, 0.5) is 49.1 Å². The zero-order valence-electron chi connectivity index (χ0n) is 42.6. The first-order valence-corrected chi connectivity index (χ1v) is 24.5. The van der Waals surface area contributed by atoms with E-state index in [0.29, 0.717) is 85.4 Å². The Labute approximate surface area is 459 Å². The Morgan fingerprint density at radius 1 is 0.595 bits per heavy atom. The number of hydrogen-bond donors (Lipinski definition) is 6. The number of carbonyl (C=O) groups excluding carboxylic acids is 1. The second kappa shape index (κ2) is 27.6. The molecular weight excluding hydrogens is 1100 g/mol. The second-order valence-electron chi connectivity index (χ2n) is 16.8. The largest absolute Gasteiger partial charge is 0.573 e. The molecule has 79 heavy (non-hydrogen) atoms. The van der Waals surface area contributed by atoms with Crippen LogP contribution in [0, 0.1) is 0 Å². The number of hydrogen-bond acceptors (Lipinski definition) is 15. The molecule has 8 rings (SSSR count). The van der Waals surface area contributed by atoms with Crippen molar-refractivity contribution < 1.29 is 89.1 Å². The highest BCUT2D eigenvalue weighted by Crippen LogP contribution is 2.43. The first-order chi connectivity index (χ1) is 37.6. The number of rotatable bonds is 20. The van der Waals surface area contributed by atoms with Crippen LogP contribution >= 0.6 is 23.2 Å². The Hall–Kier alpha value is -7.86. The standard InChI is InChI=1S/C27H26ClF3N2O6.C17H18ClNO5.C10H10F3NO2/c1-36-20-12-19(13-21(14-20)38-10-9-34)32-25(16-3-5-18(28)6-4-16)26(35)33-8-7-17-11-23(37-2)24(15-22(17)33)39-27(29,30)31;1-23-14-8-13(9-15(10-14)24-7-6-20)19-16(17(21)22)11-2-4-12(18)5-3-11;1-15-8-4-6-2-3-14-7(6)5-9(8)16-10(11,12)13/h3-6,11-15,25,32,34H,7-10H2,1-2H3;2-5,8-10,16,19-20H,6-7H2,1H3,(H,21,22);4-5,14H,2-3H2,1H3. The topological polar surface area (TPSA) is 208 Å². The minimum atomic E-state index is -4.94. The first kappa shape index (κ1) is 60.4. The summed E-state index contributed by atoms with van der Waals surface area (Å²) in [5.41, 5.74) is 4.66. The highest BCUT2D eigenvalue weighted by Gasteiger charge is 2.37. The number of carboxylic acid groups (broad SMARTS) is 1. The molecule has 2 aliphatic heterocycles. The van der Waals surface area contributed by atoms with Gasteiger partial charge in [0.2, 0.25) is 0 Å². The van der Waals surface area contributed by atoms with Crippen LogP contribution in [0.25, 0.3) is 0 Å². The number of aliphatic carboxylic acids is 1. The van der Waals surface area contributed by atoms with E-state index in [2.05, 4.69) is 25.4 Å². The van der Waals surface area contributed by atoms with Crippen LogP contribution in [-0.4, -0.2) is 108 Å². The molecule has 17 nitrogen and oxygen atoms in total. The molecule has 424 valence electrons. The fraction of sp³-hybridized carbons (Fsp3) is 0.296. The summed E-state index contributed by atoms with van der Waals surface area (Å²) in [7, 11) is 5.54. The lowest BCUT2D eigenvalue weighted by Gasteiger charge is -2.27. The molecule has 0 aromatic heterocycles. The van der Waals surface area contributed by atoms with Crippen LogP contribution in [-0.2, 0) is 22.4 Å². The van der Waals surface area contributed by atoms with Gasteiger partial charge >= 0.3 is 18.7 Å². The van der Waals surface area contributed by atoms with Crippen molar-refractivity contribution in [3.05, 3.63) is 141 Å². The molecule has 6 aromatic rings. The fourth-order valence-corrected chi connectivity index (χ4v) is 8.32. The molecule has 6 aromatic carbocycles. The number of halogens is 8. The summed E-state index contributed by atoms with van der Waals surface area (Å²) < 4.78 is 115. The number of carbonyl (C=O) groups is 2. The summed E-state index contributed by atoms with van der Waals surface area (Å²) in [5.74, 6) is -0.471. The minimum Gasteiger partial charge on any atom is -0.497 e. The molecule has 0 saturated heterocycles. The maximum atomic E-state index is 14.0. The van der Waals surface area contributed by atoms with E-state index in [1.165, 1.54) is 45.5 Å². The number of ether oxygens (including phenoxy) is 8. The van der Waals surface area contributed by atoms with Crippen molar-refractivity contribution in [2.75, 3.05) is 88.8 Å². The van der Waals surface area contributed by atoms with Crippen molar-refractivity contribution in [3.63, 3.8) is 0 Å². The molecule has 25 heteroatoms. The summed E-state index contributed by atoms with van der Waals surface area (Å²) in [6.45, 7) is 0.831. The van der Waals surface area contributed by atoms with Gasteiger partial charge in [0.1, 0.15) is 42.3 Å². The van der Waals surface area contributed by atoms with Gasteiger partial charge in [-0.05, 0) is 71.5 Å². The number of aliphatic hydroxyl groups excluding tert-OH is 2. The van der Waals surface area contributed by atoms with Crippen molar-refractivity contribution in [1.82, 2.24) is 0 Å². The Balaban J connectivity index is 0.000000213. The zero-order chi connectivity index (χ0) is 57.4. The van der Waals surface area contributed by atoms with E-state index in [-0.39, 0.29) is 50.2 Å².